The molecule has 1 fully saturated rings. The van der Waals surface area contributed by atoms with Gasteiger partial charge in [-0.1, -0.05) is 90.5 Å². The van der Waals surface area contributed by atoms with Crippen LogP contribution in [-0.4, -0.2) is 71.7 Å². The lowest BCUT2D eigenvalue weighted by Gasteiger charge is -2.42. The quantitative estimate of drug-likeness (QED) is 0.178. The zero-order valence-corrected chi connectivity index (χ0v) is 28.4. The second-order valence-electron chi connectivity index (χ2n) is 13.3. The first kappa shape index (κ1) is 35.4. The molecule has 4 rings (SSSR count). The molecule has 8 heteroatoms. The first-order valence-corrected chi connectivity index (χ1v) is 16.4. The molecule has 1 heterocycles. The van der Waals surface area contributed by atoms with Crippen molar-refractivity contribution in [1.29, 1.82) is 0 Å². The summed E-state index contributed by atoms with van der Waals surface area (Å²) in [5, 5.41) is 0. The van der Waals surface area contributed by atoms with Gasteiger partial charge in [-0.3, -0.25) is 9.59 Å². The first-order chi connectivity index (χ1) is 22.4. The minimum Gasteiger partial charge on any atom is -0.435 e. The SMILES string of the molecule is CCOC(=O)OC1(Cc2ccccc2)CCN(C(=O)[C@@H](Cc2ccc(-c3ccccc3)cc2)N(C)C(=O)/C=C(\C)CC(C)(C)N)CC1. The predicted molar refractivity (Wildman–Crippen MR) is 186 cm³/mol. The van der Waals surface area contributed by atoms with Gasteiger partial charge in [-0.15, -0.1) is 0 Å². The Morgan fingerprint density at radius 2 is 1.49 bits per heavy atom. The number of amides is 2. The fourth-order valence-corrected chi connectivity index (χ4v) is 6.27. The lowest BCUT2D eigenvalue weighted by Crippen LogP contribution is -2.55. The molecule has 0 unspecified atom stereocenters. The maximum absolute atomic E-state index is 14.3. The standard InChI is InChI=1S/C39H49N3O5/c1-6-46-37(45)47-39(28-31-13-9-7-10-14-31)21-23-42(24-22-39)36(44)34(41(5)35(43)25-29(2)27-38(3,4)40)26-30-17-19-33(20-18-30)32-15-11-8-12-16-32/h7-20,25,34H,6,21-24,26-28,40H2,1-5H3/b29-25+/t34-/m1/s1. The highest BCUT2D eigenvalue weighted by atomic mass is 16.7. The van der Waals surface area contributed by atoms with E-state index in [2.05, 4.69) is 12.1 Å². The highest BCUT2D eigenvalue weighted by Gasteiger charge is 2.42. The van der Waals surface area contributed by atoms with Crippen LogP contribution in [-0.2, 0) is 31.9 Å². The Bertz CT molecular complexity index is 1510. The molecule has 250 valence electrons. The van der Waals surface area contributed by atoms with Gasteiger partial charge < -0.3 is 25.0 Å². The van der Waals surface area contributed by atoms with Crippen molar-refractivity contribution in [2.75, 3.05) is 26.7 Å². The number of benzene rings is 3. The first-order valence-electron chi connectivity index (χ1n) is 16.4. The van der Waals surface area contributed by atoms with E-state index in [1.165, 1.54) is 0 Å². The van der Waals surface area contributed by atoms with Crippen LogP contribution in [0.3, 0.4) is 0 Å². The number of rotatable bonds is 12. The van der Waals surface area contributed by atoms with Gasteiger partial charge in [0.15, 0.2) is 0 Å². The van der Waals surface area contributed by atoms with Gasteiger partial charge in [-0.2, -0.15) is 0 Å². The van der Waals surface area contributed by atoms with Crippen molar-refractivity contribution in [3.05, 3.63) is 108 Å². The van der Waals surface area contributed by atoms with Gasteiger partial charge in [0, 0.05) is 57.4 Å². The second kappa shape index (κ2) is 15.9. The Morgan fingerprint density at radius 3 is 2.06 bits per heavy atom. The van der Waals surface area contributed by atoms with E-state index in [1.807, 2.05) is 93.6 Å². The predicted octanol–water partition coefficient (Wildman–Crippen LogP) is 6.57. The fourth-order valence-electron chi connectivity index (χ4n) is 6.27. The van der Waals surface area contributed by atoms with Crippen molar-refractivity contribution in [1.82, 2.24) is 9.80 Å². The number of likely N-dealkylation sites (N-methyl/N-ethyl adjacent to an activating group) is 1. The van der Waals surface area contributed by atoms with Crippen LogP contribution < -0.4 is 5.73 Å². The van der Waals surface area contributed by atoms with Crippen LogP contribution in [0.4, 0.5) is 4.79 Å². The molecule has 0 radical (unpaired) electrons. The molecule has 0 aliphatic carbocycles. The van der Waals surface area contributed by atoms with Crippen molar-refractivity contribution in [3.63, 3.8) is 0 Å². The molecule has 0 saturated carbocycles. The third-order valence-electron chi connectivity index (χ3n) is 8.61. The molecular weight excluding hydrogens is 590 g/mol. The van der Waals surface area contributed by atoms with Gasteiger partial charge in [0.1, 0.15) is 11.6 Å². The number of nitrogens with zero attached hydrogens (tertiary/aromatic N) is 2. The largest absolute Gasteiger partial charge is 0.508 e. The molecule has 1 aliphatic rings. The fraction of sp³-hybridized carbons (Fsp3) is 0.410. The minimum atomic E-state index is -0.802. The maximum atomic E-state index is 14.3. The highest BCUT2D eigenvalue weighted by Crippen LogP contribution is 2.32. The number of likely N-dealkylation sites (tertiary alicyclic amines) is 1. The summed E-state index contributed by atoms with van der Waals surface area (Å²) in [4.78, 5) is 43.7. The summed E-state index contributed by atoms with van der Waals surface area (Å²) in [6, 6.07) is 27.4. The van der Waals surface area contributed by atoms with Gasteiger partial charge >= 0.3 is 6.16 Å². The van der Waals surface area contributed by atoms with E-state index in [1.54, 1.807) is 29.8 Å². The summed E-state index contributed by atoms with van der Waals surface area (Å²) in [7, 11) is 1.69. The number of hydrogen-bond acceptors (Lipinski definition) is 6. The number of ether oxygens (including phenoxy) is 2. The zero-order valence-electron chi connectivity index (χ0n) is 28.4. The Kier molecular flexibility index (Phi) is 12.0. The molecule has 3 aromatic carbocycles. The van der Waals surface area contributed by atoms with Crippen LogP contribution in [0, 0.1) is 0 Å². The van der Waals surface area contributed by atoms with Crippen molar-refractivity contribution in [2.24, 2.45) is 5.73 Å². The highest BCUT2D eigenvalue weighted by molar-refractivity contribution is 5.93. The molecule has 3 aromatic rings. The van der Waals surface area contributed by atoms with E-state index in [4.69, 9.17) is 15.2 Å². The number of carbonyl (C=O) groups is 3. The number of piperidine rings is 1. The number of carbonyl (C=O) groups excluding carboxylic acids is 3. The van der Waals surface area contributed by atoms with Gasteiger partial charge in [-0.25, -0.2) is 4.79 Å². The van der Waals surface area contributed by atoms with Crippen LogP contribution in [0.25, 0.3) is 11.1 Å². The third kappa shape index (κ3) is 10.3. The summed E-state index contributed by atoms with van der Waals surface area (Å²) < 4.78 is 11.1. The molecule has 47 heavy (non-hydrogen) atoms. The van der Waals surface area contributed by atoms with E-state index in [-0.39, 0.29) is 18.4 Å². The van der Waals surface area contributed by atoms with E-state index in [9.17, 15) is 14.4 Å². The van der Waals surface area contributed by atoms with E-state index < -0.39 is 23.3 Å². The molecule has 2 amide bonds. The van der Waals surface area contributed by atoms with Gasteiger partial charge in [0.05, 0.1) is 6.61 Å². The van der Waals surface area contributed by atoms with Gasteiger partial charge in [0.25, 0.3) is 0 Å². The van der Waals surface area contributed by atoms with E-state index >= 15 is 0 Å². The minimum absolute atomic E-state index is 0.136. The molecule has 0 bridgehead atoms. The van der Waals surface area contributed by atoms with E-state index in [0.29, 0.717) is 45.2 Å². The lowest BCUT2D eigenvalue weighted by atomic mass is 9.84. The average Bonchev–Trinajstić information content (AvgIpc) is 3.03. The van der Waals surface area contributed by atoms with Crippen LogP contribution in [0.2, 0.25) is 0 Å². The lowest BCUT2D eigenvalue weighted by molar-refractivity contribution is -0.146. The van der Waals surface area contributed by atoms with E-state index in [0.717, 1.165) is 27.8 Å². The summed E-state index contributed by atoms with van der Waals surface area (Å²) in [5.74, 6) is -0.380. The summed E-state index contributed by atoms with van der Waals surface area (Å²) >= 11 is 0. The topological polar surface area (TPSA) is 102 Å². The van der Waals surface area contributed by atoms with Crippen LogP contribution >= 0.6 is 0 Å². The second-order valence-corrected chi connectivity index (χ2v) is 13.3. The van der Waals surface area contributed by atoms with Gasteiger partial charge in [0.2, 0.25) is 11.8 Å². The number of nitrogens with two attached hydrogens (primary N) is 1. The van der Waals surface area contributed by atoms with Crippen molar-refractivity contribution in [2.45, 2.75) is 77.0 Å². The molecule has 0 spiro atoms. The van der Waals surface area contributed by atoms with Crippen molar-refractivity contribution >= 4 is 18.0 Å². The molecule has 2 N–H and O–H groups in total. The molecular formula is C39H49N3O5. The van der Waals surface area contributed by atoms with Crippen molar-refractivity contribution < 1.29 is 23.9 Å². The summed E-state index contributed by atoms with van der Waals surface area (Å²) in [5.41, 5.74) is 9.98. The monoisotopic (exact) mass is 639 g/mol. The van der Waals surface area contributed by atoms with Crippen LogP contribution in [0.15, 0.2) is 96.6 Å². The Morgan fingerprint density at radius 1 is 0.915 bits per heavy atom. The summed E-state index contributed by atoms with van der Waals surface area (Å²) in [6.45, 7) is 8.45. The molecule has 8 nitrogen and oxygen atoms in total. The van der Waals surface area contributed by atoms with Crippen molar-refractivity contribution in [3.8, 4) is 11.1 Å². The Hall–Kier alpha value is -4.43. The normalized spacial score (nSPS) is 15.4. The molecule has 1 atom stereocenters. The molecule has 1 aliphatic heterocycles. The maximum Gasteiger partial charge on any atom is 0.508 e. The molecule has 1 saturated heterocycles. The van der Waals surface area contributed by atoms with Crippen LogP contribution in [0.1, 0.15) is 58.1 Å². The van der Waals surface area contributed by atoms with Gasteiger partial charge in [-0.05, 0) is 56.4 Å². The third-order valence-corrected chi connectivity index (χ3v) is 8.61. The smallest absolute Gasteiger partial charge is 0.435 e. The average molecular weight is 640 g/mol. The number of hydrogen-bond donors (Lipinski definition) is 1. The summed E-state index contributed by atoms with van der Waals surface area (Å²) in [6.07, 6.45) is 3.22. The Labute approximate surface area is 279 Å². The molecule has 0 aromatic heterocycles. The van der Waals surface area contributed by atoms with Crippen LogP contribution in [0.5, 0.6) is 0 Å². The Balaban J connectivity index is 1.56. The zero-order chi connectivity index (χ0) is 34.0.